The Labute approximate surface area is 186 Å². The second-order valence-electron chi connectivity index (χ2n) is 6.82. The summed E-state index contributed by atoms with van der Waals surface area (Å²) in [7, 11) is -3.56. The van der Waals surface area contributed by atoms with E-state index in [9.17, 15) is 17.6 Å². The molecule has 6 nitrogen and oxygen atoms in total. The molecule has 0 unspecified atom stereocenters. The van der Waals surface area contributed by atoms with Gasteiger partial charge in [-0.25, -0.2) is 17.8 Å². The summed E-state index contributed by atoms with van der Waals surface area (Å²) < 4.78 is 44.5. The number of fused-ring (bicyclic) bond motifs is 1. The molecule has 4 aromatic rings. The van der Waals surface area contributed by atoms with Crippen LogP contribution in [0.25, 0.3) is 11.0 Å². The highest BCUT2D eigenvalue weighted by Crippen LogP contribution is 2.34. The molecule has 0 spiro atoms. The van der Waals surface area contributed by atoms with Crippen LogP contribution in [-0.4, -0.2) is 25.6 Å². The number of rotatable bonds is 6. The van der Waals surface area contributed by atoms with Crippen molar-refractivity contribution < 1.29 is 22.0 Å². The topological polar surface area (TPSA) is 89.3 Å². The summed E-state index contributed by atoms with van der Waals surface area (Å²) in [6, 6.07) is 10.5. The number of thiazole rings is 1. The molecule has 2 heterocycles. The van der Waals surface area contributed by atoms with Crippen molar-refractivity contribution in [2.75, 3.05) is 11.6 Å². The van der Waals surface area contributed by atoms with Crippen molar-refractivity contribution in [1.29, 1.82) is 0 Å². The first-order chi connectivity index (χ1) is 14.7. The third-order valence-corrected chi connectivity index (χ3v) is 7.73. The average molecular weight is 477 g/mol. The minimum Gasteiger partial charge on any atom is -0.451 e. The van der Waals surface area contributed by atoms with Gasteiger partial charge in [0, 0.05) is 34.0 Å². The smallest absolute Gasteiger partial charge is 0.291 e. The van der Waals surface area contributed by atoms with E-state index in [0.717, 1.165) is 39.9 Å². The van der Waals surface area contributed by atoms with Crippen LogP contribution in [0.5, 0.6) is 0 Å². The maximum absolute atomic E-state index is 14.3. The largest absolute Gasteiger partial charge is 0.451 e. The number of nitrogens with one attached hydrogen (secondary N) is 1. The molecule has 0 aliphatic heterocycles. The minimum absolute atomic E-state index is 0.0473. The molecule has 0 atom stereocenters. The molecule has 31 heavy (non-hydrogen) atoms. The second-order valence-corrected chi connectivity index (χ2v) is 10.9. The summed E-state index contributed by atoms with van der Waals surface area (Å²) in [5.41, 5.74) is 1.88. The lowest BCUT2D eigenvalue weighted by Gasteiger charge is -2.08. The van der Waals surface area contributed by atoms with Gasteiger partial charge in [0.05, 0.1) is 10.6 Å². The number of hydrogen-bond donors (Lipinski definition) is 1. The van der Waals surface area contributed by atoms with Gasteiger partial charge in [0.1, 0.15) is 15.7 Å². The van der Waals surface area contributed by atoms with Gasteiger partial charge in [0.15, 0.2) is 15.6 Å². The summed E-state index contributed by atoms with van der Waals surface area (Å²) in [6.07, 6.45) is 1.01. The van der Waals surface area contributed by atoms with Gasteiger partial charge in [-0.1, -0.05) is 30.0 Å². The SMILES string of the molecule is Cc1csc(SCc2c(C(=O)Nc3cc(S(C)(=O)=O)ccc3F)oc3ccccc23)n1. The number of benzene rings is 2. The second kappa shape index (κ2) is 8.45. The van der Waals surface area contributed by atoms with Gasteiger partial charge in [-0.15, -0.1) is 11.3 Å². The van der Waals surface area contributed by atoms with E-state index < -0.39 is 21.6 Å². The van der Waals surface area contributed by atoms with Crippen molar-refractivity contribution >= 4 is 55.5 Å². The lowest BCUT2D eigenvalue weighted by atomic mass is 10.1. The Kier molecular flexibility index (Phi) is 5.87. The molecule has 2 aromatic heterocycles. The van der Waals surface area contributed by atoms with Crippen LogP contribution in [0.15, 0.2) is 61.5 Å². The van der Waals surface area contributed by atoms with E-state index in [-0.39, 0.29) is 16.3 Å². The first-order valence-electron chi connectivity index (χ1n) is 9.08. The lowest BCUT2D eigenvalue weighted by molar-refractivity contribution is 0.0997. The molecule has 2 aromatic carbocycles. The number of nitrogens with zero attached hydrogens (tertiary/aromatic N) is 1. The maximum Gasteiger partial charge on any atom is 0.291 e. The standard InChI is InChI=1S/C21H17FN2O4S3/c1-12-10-29-21(23-12)30-11-15-14-5-3-4-6-18(14)28-19(15)20(25)24-17-9-13(31(2,26)27)7-8-16(17)22/h3-10H,11H2,1-2H3,(H,24,25). The molecule has 10 heteroatoms. The van der Waals surface area contributed by atoms with Crippen LogP contribution in [0.4, 0.5) is 10.1 Å². The predicted molar refractivity (Wildman–Crippen MR) is 120 cm³/mol. The average Bonchev–Trinajstić information content (AvgIpc) is 3.30. The van der Waals surface area contributed by atoms with Gasteiger partial charge in [-0.2, -0.15) is 0 Å². The number of anilines is 1. The van der Waals surface area contributed by atoms with Gasteiger partial charge < -0.3 is 9.73 Å². The number of amides is 1. The van der Waals surface area contributed by atoms with E-state index in [1.54, 1.807) is 12.1 Å². The summed E-state index contributed by atoms with van der Waals surface area (Å²) in [4.78, 5) is 17.3. The van der Waals surface area contributed by atoms with Gasteiger partial charge >= 0.3 is 0 Å². The highest BCUT2D eigenvalue weighted by atomic mass is 32.2. The number of hydrogen-bond acceptors (Lipinski definition) is 7. The van der Waals surface area contributed by atoms with Crippen LogP contribution in [-0.2, 0) is 15.6 Å². The molecular formula is C21H17FN2O4S3. The summed E-state index contributed by atoms with van der Waals surface area (Å²) in [5.74, 6) is -0.928. The van der Waals surface area contributed by atoms with Crippen molar-refractivity contribution in [2.45, 2.75) is 21.9 Å². The number of aromatic nitrogens is 1. The lowest BCUT2D eigenvalue weighted by Crippen LogP contribution is -2.14. The van der Waals surface area contributed by atoms with Gasteiger partial charge in [-0.05, 0) is 31.2 Å². The van der Waals surface area contributed by atoms with E-state index in [1.165, 1.54) is 23.1 Å². The zero-order valence-corrected chi connectivity index (χ0v) is 19.0. The molecule has 0 saturated carbocycles. The zero-order valence-electron chi connectivity index (χ0n) is 16.5. The van der Waals surface area contributed by atoms with E-state index >= 15 is 0 Å². The van der Waals surface area contributed by atoms with Crippen molar-refractivity contribution in [3.63, 3.8) is 0 Å². The van der Waals surface area contributed by atoms with Gasteiger partial charge in [-0.3, -0.25) is 4.79 Å². The number of para-hydroxylation sites is 1. The number of thioether (sulfide) groups is 1. The maximum atomic E-state index is 14.3. The number of furan rings is 1. The summed E-state index contributed by atoms with van der Waals surface area (Å²) >= 11 is 2.99. The first-order valence-corrected chi connectivity index (χ1v) is 12.8. The monoisotopic (exact) mass is 476 g/mol. The molecule has 1 N–H and O–H groups in total. The van der Waals surface area contributed by atoms with Crippen LogP contribution < -0.4 is 5.32 Å². The van der Waals surface area contributed by atoms with Crippen LogP contribution in [0.3, 0.4) is 0 Å². The number of halogens is 1. The fourth-order valence-electron chi connectivity index (χ4n) is 2.97. The van der Waals surface area contributed by atoms with Crippen LogP contribution in [0.1, 0.15) is 21.8 Å². The fourth-order valence-corrected chi connectivity index (χ4v) is 5.49. The van der Waals surface area contributed by atoms with Gasteiger partial charge in [0.25, 0.3) is 5.91 Å². The molecule has 1 amide bonds. The third kappa shape index (κ3) is 4.65. The molecule has 0 radical (unpaired) electrons. The highest BCUT2D eigenvalue weighted by molar-refractivity contribution is 8.00. The number of sulfone groups is 1. The molecule has 160 valence electrons. The van der Waals surface area contributed by atoms with E-state index in [2.05, 4.69) is 10.3 Å². The zero-order chi connectivity index (χ0) is 22.2. The predicted octanol–water partition coefficient (Wildman–Crippen LogP) is 5.28. The van der Waals surface area contributed by atoms with Crippen molar-refractivity contribution in [3.05, 3.63) is 70.7 Å². The van der Waals surface area contributed by atoms with Crippen molar-refractivity contribution in [3.8, 4) is 0 Å². The van der Waals surface area contributed by atoms with Gasteiger partial charge in [0.2, 0.25) is 0 Å². The Morgan fingerprint density at radius 2 is 2.03 bits per heavy atom. The van der Waals surface area contributed by atoms with Crippen LogP contribution in [0.2, 0.25) is 0 Å². The Bertz CT molecular complexity index is 1390. The Balaban J connectivity index is 1.68. The number of carbonyl (C=O) groups is 1. The Morgan fingerprint density at radius 3 is 2.74 bits per heavy atom. The molecule has 0 bridgehead atoms. The highest BCUT2D eigenvalue weighted by Gasteiger charge is 2.22. The molecule has 0 aliphatic carbocycles. The fraction of sp³-hybridized carbons (Fsp3) is 0.143. The van der Waals surface area contributed by atoms with E-state index in [0.29, 0.717) is 16.9 Å². The van der Waals surface area contributed by atoms with Crippen molar-refractivity contribution in [2.24, 2.45) is 0 Å². The number of aryl methyl sites for hydroxylation is 1. The van der Waals surface area contributed by atoms with Crippen LogP contribution in [0, 0.1) is 12.7 Å². The molecule has 4 rings (SSSR count). The summed E-state index contributed by atoms with van der Waals surface area (Å²) in [5, 5.41) is 5.17. The van der Waals surface area contributed by atoms with E-state index in [4.69, 9.17) is 4.42 Å². The molecular weight excluding hydrogens is 459 g/mol. The van der Waals surface area contributed by atoms with E-state index in [1.807, 2.05) is 24.4 Å². The molecule has 0 aliphatic rings. The quantitative estimate of drug-likeness (QED) is 0.301. The Hall–Kier alpha value is -2.69. The Morgan fingerprint density at radius 1 is 1.26 bits per heavy atom. The molecule has 0 fully saturated rings. The van der Waals surface area contributed by atoms with Crippen molar-refractivity contribution in [1.82, 2.24) is 4.98 Å². The summed E-state index contributed by atoms with van der Waals surface area (Å²) in [6.45, 7) is 1.91. The minimum atomic E-state index is -3.56. The van der Waals surface area contributed by atoms with Crippen LogP contribution >= 0.6 is 23.1 Å². The normalized spacial score (nSPS) is 11.7. The third-order valence-electron chi connectivity index (χ3n) is 4.46. The number of carbonyl (C=O) groups excluding carboxylic acids is 1. The first kappa shape index (κ1) is 21.5. The molecule has 0 saturated heterocycles.